The number of carbonyl (C=O) groups excluding carboxylic acids is 2. The summed E-state index contributed by atoms with van der Waals surface area (Å²) in [6.07, 6.45) is 0. The summed E-state index contributed by atoms with van der Waals surface area (Å²) in [6.45, 7) is 0. The third-order valence-corrected chi connectivity index (χ3v) is 1.44. The van der Waals surface area contributed by atoms with E-state index in [9.17, 15) is 9.59 Å². The van der Waals surface area contributed by atoms with E-state index in [1.807, 2.05) is 0 Å². The highest BCUT2D eigenvalue weighted by molar-refractivity contribution is 6.50. The van der Waals surface area contributed by atoms with Crippen molar-refractivity contribution >= 4 is 17.5 Å². The van der Waals surface area contributed by atoms with Crippen molar-refractivity contribution in [2.45, 2.75) is 6.04 Å². The van der Waals surface area contributed by atoms with Crippen LogP contribution in [0.4, 0.5) is 0 Å². The monoisotopic (exact) mass is 141 g/mol. The largest absolute Gasteiger partial charge is 0.315 e. The van der Waals surface area contributed by atoms with E-state index in [1.54, 1.807) is 0 Å². The summed E-state index contributed by atoms with van der Waals surface area (Å²) < 4.78 is 0. The van der Waals surface area contributed by atoms with Crippen molar-refractivity contribution in [2.75, 3.05) is 7.05 Å². The van der Waals surface area contributed by atoms with Crippen LogP contribution in [-0.4, -0.2) is 35.5 Å². The minimum Gasteiger partial charge on any atom is -0.315 e. The molecule has 0 aromatic heterocycles. The number of nitrogens with two attached hydrogens (primary N) is 1. The average molecular weight is 141 g/mol. The van der Waals surface area contributed by atoms with Gasteiger partial charge in [-0.25, -0.2) is 0 Å². The second-order valence-electron chi connectivity index (χ2n) is 2.09. The van der Waals surface area contributed by atoms with Gasteiger partial charge in [0.25, 0.3) is 11.8 Å². The number of carbonyl (C=O) groups is 2. The van der Waals surface area contributed by atoms with Crippen LogP contribution in [0.15, 0.2) is 0 Å². The van der Waals surface area contributed by atoms with E-state index >= 15 is 0 Å². The van der Waals surface area contributed by atoms with Gasteiger partial charge in [0, 0.05) is 7.05 Å². The van der Waals surface area contributed by atoms with Gasteiger partial charge in [0.1, 0.15) is 11.8 Å². The number of nitrogens with one attached hydrogen (secondary N) is 1. The minimum atomic E-state index is -1.04. The molecule has 5 nitrogen and oxygen atoms in total. The highest BCUT2D eigenvalue weighted by Crippen LogP contribution is 2.03. The van der Waals surface area contributed by atoms with E-state index in [-0.39, 0.29) is 5.71 Å². The lowest BCUT2D eigenvalue weighted by Gasteiger charge is -2.01. The van der Waals surface area contributed by atoms with Crippen molar-refractivity contribution in [1.82, 2.24) is 4.90 Å². The van der Waals surface area contributed by atoms with Crippen molar-refractivity contribution in [3.8, 4) is 0 Å². The van der Waals surface area contributed by atoms with E-state index in [0.717, 1.165) is 4.90 Å². The molecule has 0 saturated carbocycles. The fraction of sp³-hybridized carbons (Fsp3) is 0.400. The molecule has 0 radical (unpaired) electrons. The number of nitrogens with zero attached hydrogens (tertiary/aromatic N) is 1. The molecule has 54 valence electrons. The molecule has 1 fully saturated rings. The number of hydrogen-bond acceptors (Lipinski definition) is 4. The van der Waals surface area contributed by atoms with Gasteiger partial charge in [0.15, 0.2) is 0 Å². The van der Waals surface area contributed by atoms with Gasteiger partial charge in [0.05, 0.1) is 0 Å². The average Bonchev–Trinajstić information content (AvgIpc) is 2.07. The van der Waals surface area contributed by atoms with E-state index in [2.05, 4.69) is 0 Å². The first-order chi connectivity index (χ1) is 4.55. The number of likely N-dealkylation sites (N-methyl/N-ethyl adjacent to an activating group) is 1. The normalized spacial score (nSPS) is 26.4. The molecular weight excluding hydrogens is 134 g/mol. The standard InChI is InChI=1S/C5H7N3O2/c1-8-4(9)2(6)3(7)5(8)10/h2,7H,6H2,1H3. The summed E-state index contributed by atoms with van der Waals surface area (Å²) in [7, 11) is 1.31. The first kappa shape index (κ1) is 6.88. The molecule has 2 amide bonds. The Morgan fingerprint density at radius 2 is 2.10 bits per heavy atom. The second-order valence-corrected chi connectivity index (χ2v) is 2.09. The Labute approximate surface area is 57.3 Å². The zero-order valence-electron chi connectivity index (χ0n) is 5.42. The topological polar surface area (TPSA) is 87.2 Å². The number of hydrogen-bond donors (Lipinski definition) is 2. The summed E-state index contributed by atoms with van der Waals surface area (Å²) >= 11 is 0. The van der Waals surface area contributed by atoms with E-state index < -0.39 is 17.9 Å². The molecule has 1 saturated heterocycles. The molecule has 3 N–H and O–H groups in total. The Morgan fingerprint density at radius 3 is 2.20 bits per heavy atom. The lowest BCUT2D eigenvalue weighted by molar-refractivity contribution is -0.136. The van der Waals surface area contributed by atoms with E-state index in [1.165, 1.54) is 7.05 Å². The molecule has 0 bridgehead atoms. The maximum absolute atomic E-state index is 10.8. The van der Waals surface area contributed by atoms with Gasteiger partial charge in [-0.3, -0.25) is 19.9 Å². The maximum atomic E-state index is 10.8. The van der Waals surface area contributed by atoms with Crippen molar-refractivity contribution in [3.63, 3.8) is 0 Å². The number of amides is 2. The van der Waals surface area contributed by atoms with Crippen molar-refractivity contribution < 1.29 is 9.59 Å². The Balaban J connectivity index is 3.00. The molecule has 0 aromatic rings. The van der Waals surface area contributed by atoms with Crippen LogP contribution in [0.2, 0.25) is 0 Å². The highest BCUT2D eigenvalue weighted by atomic mass is 16.2. The molecule has 0 aliphatic carbocycles. The highest BCUT2D eigenvalue weighted by Gasteiger charge is 2.38. The zero-order valence-corrected chi connectivity index (χ0v) is 5.42. The summed E-state index contributed by atoms with van der Waals surface area (Å²) in [5.74, 6) is -1.10. The molecule has 1 rings (SSSR count). The van der Waals surface area contributed by atoms with Crippen LogP contribution in [0, 0.1) is 5.41 Å². The Hall–Kier alpha value is -1.23. The van der Waals surface area contributed by atoms with Crippen LogP contribution in [0.5, 0.6) is 0 Å². The van der Waals surface area contributed by atoms with Crippen LogP contribution in [0.25, 0.3) is 0 Å². The maximum Gasteiger partial charge on any atom is 0.276 e. The van der Waals surface area contributed by atoms with Crippen LogP contribution >= 0.6 is 0 Å². The number of imide groups is 1. The zero-order chi connectivity index (χ0) is 7.89. The van der Waals surface area contributed by atoms with Gasteiger partial charge in [0.2, 0.25) is 0 Å². The van der Waals surface area contributed by atoms with Gasteiger partial charge in [-0.1, -0.05) is 0 Å². The quantitative estimate of drug-likeness (QED) is 0.395. The molecule has 1 aliphatic heterocycles. The smallest absolute Gasteiger partial charge is 0.276 e. The third-order valence-electron chi connectivity index (χ3n) is 1.44. The van der Waals surface area contributed by atoms with Gasteiger partial charge < -0.3 is 5.73 Å². The summed E-state index contributed by atoms with van der Waals surface area (Å²) in [4.78, 5) is 22.3. The summed E-state index contributed by atoms with van der Waals surface area (Å²) in [5.41, 5.74) is 4.84. The fourth-order valence-corrected chi connectivity index (χ4v) is 0.746. The van der Waals surface area contributed by atoms with Crippen molar-refractivity contribution in [3.05, 3.63) is 0 Å². The molecule has 5 heteroatoms. The van der Waals surface area contributed by atoms with Crippen LogP contribution in [0.1, 0.15) is 0 Å². The lowest BCUT2D eigenvalue weighted by atomic mass is 10.2. The predicted octanol–water partition coefficient (Wildman–Crippen LogP) is -1.67. The number of rotatable bonds is 0. The summed E-state index contributed by atoms with van der Waals surface area (Å²) in [6, 6.07) is -1.04. The summed E-state index contributed by atoms with van der Waals surface area (Å²) in [5, 5.41) is 6.98. The molecule has 10 heavy (non-hydrogen) atoms. The molecular formula is C5H7N3O2. The first-order valence-corrected chi connectivity index (χ1v) is 2.71. The molecule has 1 aliphatic rings. The van der Waals surface area contributed by atoms with Crippen LogP contribution in [-0.2, 0) is 9.59 Å². The molecule has 0 spiro atoms. The minimum absolute atomic E-state index is 0.326. The Morgan fingerprint density at radius 1 is 1.60 bits per heavy atom. The first-order valence-electron chi connectivity index (χ1n) is 2.71. The van der Waals surface area contributed by atoms with E-state index in [4.69, 9.17) is 11.1 Å². The van der Waals surface area contributed by atoms with Gasteiger partial charge >= 0.3 is 0 Å². The Bertz CT molecular complexity index is 201. The van der Waals surface area contributed by atoms with Crippen LogP contribution in [0.3, 0.4) is 0 Å². The van der Waals surface area contributed by atoms with E-state index in [0.29, 0.717) is 0 Å². The molecule has 0 aromatic carbocycles. The lowest BCUT2D eigenvalue weighted by Crippen LogP contribution is -2.34. The Kier molecular flexibility index (Phi) is 1.29. The second kappa shape index (κ2) is 1.88. The van der Waals surface area contributed by atoms with Gasteiger partial charge in [-0.2, -0.15) is 0 Å². The SMILES string of the molecule is CN1C(=O)C(=N)C(N)C1=O. The molecule has 1 atom stereocenters. The van der Waals surface area contributed by atoms with Gasteiger partial charge in [-0.15, -0.1) is 0 Å². The fourth-order valence-electron chi connectivity index (χ4n) is 0.746. The molecule has 1 heterocycles. The van der Waals surface area contributed by atoms with Crippen molar-refractivity contribution in [2.24, 2.45) is 5.73 Å². The van der Waals surface area contributed by atoms with Crippen LogP contribution < -0.4 is 5.73 Å². The van der Waals surface area contributed by atoms with Gasteiger partial charge in [-0.05, 0) is 0 Å². The van der Waals surface area contributed by atoms with Crippen molar-refractivity contribution in [1.29, 1.82) is 5.41 Å². The predicted molar refractivity (Wildman–Crippen MR) is 33.5 cm³/mol. The third kappa shape index (κ3) is 0.640. The number of likely N-dealkylation sites (tertiary alicyclic amines) is 1. The molecule has 1 unspecified atom stereocenters.